The third kappa shape index (κ3) is 2.73. The number of rotatable bonds is 4. The highest BCUT2D eigenvalue weighted by Gasteiger charge is 2.25. The number of nitrogens with zero attached hydrogens (tertiary/aromatic N) is 3. The zero-order valence-corrected chi connectivity index (χ0v) is 11.6. The summed E-state index contributed by atoms with van der Waals surface area (Å²) in [6, 6.07) is 4.92. The van der Waals surface area contributed by atoms with Crippen molar-refractivity contribution < 1.29 is 0 Å². The van der Waals surface area contributed by atoms with Gasteiger partial charge in [0.15, 0.2) is 5.82 Å². The van der Waals surface area contributed by atoms with E-state index in [0.29, 0.717) is 12.0 Å². The van der Waals surface area contributed by atoms with Crippen LogP contribution in [0.1, 0.15) is 56.6 Å². The fourth-order valence-electron chi connectivity index (χ4n) is 3.56. The van der Waals surface area contributed by atoms with E-state index in [-0.39, 0.29) is 0 Å². The lowest BCUT2D eigenvalue weighted by Gasteiger charge is -2.25. The summed E-state index contributed by atoms with van der Waals surface area (Å²) in [5.41, 5.74) is 6.88. The second-order valence-electron chi connectivity index (χ2n) is 5.86. The van der Waals surface area contributed by atoms with E-state index in [1.807, 2.05) is 0 Å². The monoisotopic (exact) mass is 260 g/mol. The molecule has 1 atom stereocenters. The van der Waals surface area contributed by atoms with Crippen molar-refractivity contribution in [1.29, 1.82) is 0 Å². The van der Waals surface area contributed by atoms with Crippen molar-refractivity contribution >= 4 is 5.82 Å². The second kappa shape index (κ2) is 5.87. The smallest absolute Gasteiger partial charge is 0.151 e. The van der Waals surface area contributed by atoms with E-state index in [9.17, 15) is 0 Å². The zero-order chi connectivity index (χ0) is 13.1. The van der Waals surface area contributed by atoms with E-state index in [4.69, 9.17) is 5.73 Å². The Kier molecular flexibility index (Phi) is 3.97. The van der Waals surface area contributed by atoms with Gasteiger partial charge in [0.2, 0.25) is 0 Å². The summed E-state index contributed by atoms with van der Waals surface area (Å²) >= 11 is 0. The molecule has 0 aromatic carbocycles. The van der Waals surface area contributed by atoms with Crippen LogP contribution in [0, 0.1) is 0 Å². The summed E-state index contributed by atoms with van der Waals surface area (Å²) in [5, 5.41) is 8.95. The molecule has 1 unspecified atom stereocenters. The minimum Gasteiger partial charge on any atom is -0.352 e. The molecule has 2 heterocycles. The van der Waals surface area contributed by atoms with E-state index in [1.165, 1.54) is 44.2 Å². The van der Waals surface area contributed by atoms with Gasteiger partial charge in [-0.25, -0.2) is 0 Å². The average Bonchev–Trinajstić information content (AvgIpc) is 3.10. The first-order valence-corrected chi connectivity index (χ1v) is 7.69. The van der Waals surface area contributed by atoms with Gasteiger partial charge in [0.25, 0.3) is 0 Å². The largest absolute Gasteiger partial charge is 0.352 e. The predicted octanol–water partition coefficient (Wildman–Crippen LogP) is 2.45. The van der Waals surface area contributed by atoms with Gasteiger partial charge >= 0.3 is 0 Å². The highest BCUT2D eigenvalue weighted by atomic mass is 15.3. The molecule has 2 N–H and O–H groups in total. The van der Waals surface area contributed by atoms with Gasteiger partial charge in [-0.15, -0.1) is 5.10 Å². The molecule has 4 heteroatoms. The minimum atomic E-state index is 0.566. The van der Waals surface area contributed by atoms with Crippen LogP contribution in [0.3, 0.4) is 0 Å². The Bertz CT molecular complexity index is 397. The van der Waals surface area contributed by atoms with Crippen molar-refractivity contribution in [2.45, 2.75) is 56.9 Å². The van der Waals surface area contributed by atoms with Crippen molar-refractivity contribution in [1.82, 2.24) is 10.2 Å². The van der Waals surface area contributed by atoms with Gasteiger partial charge < -0.3 is 10.6 Å². The van der Waals surface area contributed by atoms with Crippen molar-refractivity contribution in [3.63, 3.8) is 0 Å². The fourth-order valence-corrected chi connectivity index (χ4v) is 3.56. The Balaban J connectivity index is 1.71. The van der Waals surface area contributed by atoms with Crippen molar-refractivity contribution in [3.05, 3.63) is 17.8 Å². The van der Waals surface area contributed by atoms with Crippen LogP contribution < -0.4 is 10.6 Å². The fraction of sp³-hybridized carbons (Fsp3) is 0.733. The van der Waals surface area contributed by atoms with Gasteiger partial charge in [-0.2, -0.15) is 5.10 Å². The maximum Gasteiger partial charge on any atom is 0.151 e. The van der Waals surface area contributed by atoms with Crippen LogP contribution in [0.25, 0.3) is 0 Å². The molecular formula is C15H24N4. The normalized spacial score (nSPS) is 24.3. The summed E-state index contributed by atoms with van der Waals surface area (Å²) in [7, 11) is 0. The molecule has 0 bridgehead atoms. The maximum absolute atomic E-state index is 5.69. The first kappa shape index (κ1) is 12.9. The van der Waals surface area contributed by atoms with E-state index >= 15 is 0 Å². The lowest BCUT2D eigenvalue weighted by molar-refractivity contribution is 0.608. The van der Waals surface area contributed by atoms with Gasteiger partial charge in [-0.05, 0) is 50.8 Å². The van der Waals surface area contributed by atoms with Gasteiger partial charge in [-0.1, -0.05) is 12.8 Å². The van der Waals surface area contributed by atoms with Gasteiger partial charge in [0, 0.05) is 18.5 Å². The molecule has 19 heavy (non-hydrogen) atoms. The lowest BCUT2D eigenvalue weighted by Crippen LogP contribution is -2.32. The highest BCUT2D eigenvalue weighted by molar-refractivity contribution is 5.40. The third-order valence-corrected chi connectivity index (χ3v) is 4.62. The third-order valence-electron chi connectivity index (χ3n) is 4.62. The first-order valence-electron chi connectivity index (χ1n) is 7.69. The average molecular weight is 260 g/mol. The van der Waals surface area contributed by atoms with Crippen LogP contribution in [0.2, 0.25) is 0 Å². The zero-order valence-electron chi connectivity index (χ0n) is 11.6. The summed E-state index contributed by atoms with van der Waals surface area (Å²) in [5.74, 6) is 1.69. The SMILES string of the molecule is NCCC1CCCN1c1ccc(C2CCCC2)nn1. The minimum absolute atomic E-state index is 0.566. The molecule has 2 fully saturated rings. The summed E-state index contributed by atoms with van der Waals surface area (Å²) in [4.78, 5) is 2.39. The van der Waals surface area contributed by atoms with E-state index < -0.39 is 0 Å². The quantitative estimate of drug-likeness (QED) is 0.903. The topological polar surface area (TPSA) is 55.0 Å². The van der Waals surface area contributed by atoms with Gasteiger partial charge in [0.05, 0.1) is 5.69 Å². The number of nitrogens with two attached hydrogens (primary N) is 1. The Hall–Kier alpha value is -1.16. The molecule has 0 radical (unpaired) electrons. The van der Waals surface area contributed by atoms with Crippen molar-refractivity contribution in [2.75, 3.05) is 18.0 Å². The van der Waals surface area contributed by atoms with Crippen LogP contribution in [-0.2, 0) is 0 Å². The molecule has 1 aromatic heterocycles. The molecule has 104 valence electrons. The Morgan fingerprint density at radius 1 is 1.11 bits per heavy atom. The first-order chi connectivity index (χ1) is 9.38. The number of anilines is 1. The lowest BCUT2D eigenvalue weighted by atomic mass is 10.0. The van der Waals surface area contributed by atoms with Crippen LogP contribution in [0.5, 0.6) is 0 Å². The molecule has 2 aliphatic rings. The van der Waals surface area contributed by atoms with Gasteiger partial charge in [-0.3, -0.25) is 0 Å². The number of aromatic nitrogens is 2. The standard InChI is InChI=1S/C15H24N4/c16-10-9-13-6-3-11-19(13)15-8-7-14(17-18-15)12-4-1-2-5-12/h7-8,12-13H,1-6,9-11,16H2. The molecular weight excluding hydrogens is 236 g/mol. The predicted molar refractivity (Wildman–Crippen MR) is 77.3 cm³/mol. The molecule has 1 aromatic rings. The van der Waals surface area contributed by atoms with E-state index in [0.717, 1.165) is 25.3 Å². The van der Waals surface area contributed by atoms with Crippen molar-refractivity contribution in [2.24, 2.45) is 5.73 Å². The Labute approximate surface area is 115 Å². The molecule has 1 saturated carbocycles. The number of hydrogen-bond donors (Lipinski definition) is 1. The van der Waals surface area contributed by atoms with Crippen LogP contribution in [-0.4, -0.2) is 29.3 Å². The van der Waals surface area contributed by atoms with Crippen LogP contribution >= 0.6 is 0 Å². The maximum atomic E-state index is 5.69. The molecule has 0 spiro atoms. The van der Waals surface area contributed by atoms with Crippen LogP contribution in [0.15, 0.2) is 12.1 Å². The summed E-state index contributed by atoms with van der Waals surface area (Å²) in [6.45, 7) is 1.86. The molecule has 0 amide bonds. The number of hydrogen-bond acceptors (Lipinski definition) is 4. The molecule has 1 aliphatic carbocycles. The molecule has 1 aliphatic heterocycles. The van der Waals surface area contributed by atoms with E-state index in [2.05, 4.69) is 27.2 Å². The Morgan fingerprint density at radius 2 is 1.95 bits per heavy atom. The molecule has 1 saturated heterocycles. The van der Waals surface area contributed by atoms with Gasteiger partial charge in [0.1, 0.15) is 0 Å². The molecule has 4 nitrogen and oxygen atoms in total. The summed E-state index contributed by atoms with van der Waals surface area (Å²) < 4.78 is 0. The van der Waals surface area contributed by atoms with Crippen molar-refractivity contribution in [3.8, 4) is 0 Å². The molecule has 3 rings (SSSR count). The Morgan fingerprint density at radius 3 is 2.63 bits per heavy atom. The van der Waals surface area contributed by atoms with E-state index in [1.54, 1.807) is 0 Å². The van der Waals surface area contributed by atoms with Crippen LogP contribution in [0.4, 0.5) is 5.82 Å². The highest BCUT2D eigenvalue weighted by Crippen LogP contribution is 2.33. The summed E-state index contributed by atoms with van der Waals surface area (Å²) in [6.07, 6.45) is 8.81. The second-order valence-corrected chi connectivity index (χ2v) is 5.86.